The summed E-state index contributed by atoms with van der Waals surface area (Å²) in [6, 6.07) is 17.9. The lowest BCUT2D eigenvalue weighted by Crippen LogP contribution is -2.35. The number of aliphatic hydroxyl groups is 1. The second-order valence-electron chi connectivity index (χ2n) is 9.42. The Balaban J connectivity index is 1.67. The van der Waals surface area contributed by atoms with Gasteiger partial charge in [-0.3, -0.25) is 9.59 Å². The molecule has 2 aromatic heterocycles. The van der Waals surface area contributed by atoms with Crippen LogP contribution in [0, 0.1) is 13.8 Å². The summed E-state index contributed by atoms with van der Waals surface area (Å²) >= 11 is 0. The van der Waals surface area contributed by atoms with E-state index in [1.54, 1.807) is 24.3 Å². The third kappa shape index (κ3) is 4.16. The Labute approximate surface area is 219 Å². The van der Waals surface area contributed by atoms with Crippen LogP contribution in [0.5, 0.6) is 0 Å². The largest absolute Gasteiger partial charge is 0.382 e. The smallest absolute Gasteiger partial charge is 0.254 e. The number of aromatic nitrogens is 3. The van der Waals surface area contributed by atoms with E-state index in [1.807, 2.05) is 50.2 Å². The third-order valence-electron chi connectivity index (χ3n) is 7.24. The molecule has 0 fully saturated rings. The number of aromatic amines is 1. The molecule has 38 heavy (non-hydrogen) atoms. The number of aryl methyl sites for hydroxylation is 2. The highest BCUT2D eigenvalue weighted by molar-refractivity contribution is 6.04. The zero-order chi connectivity index (χ0) is 27.1. The highest BCUT2D eigenvalue weighted by Crippen LogP contribution is 2.40. The Bertz CT molecular complexity index is 1690. The van der Waals surface area contributed by atoms with Gasteiger partial charge < -0.3 is 31.4 Å². The van der Waals surface area contributed by atoms with E-state index in [1.165, 1.54) is 0 Å². The molecule has 3 aromatic carbocycles. The number of hydrogen-bond acceptors (Lipinski definition) is 5. The maximum atomic E-state index is 13.5. The van der Waals surface area contributed by atoms with Crippen molar-refractivity contribution in [1.82, 2.24) is 14.5 Å². The number of amides is 2. The number of fused-ring (bicyclic) bond motifs is 2. The Kier molecular flexibility index (Phi) is 6.38. The van der Waals surface area contributed by atoms with E-state index in [4.69, 9.17) is 11.5 Å². The summed E-state index contributed by atoms with van der Waals surface area (Å²) in [7, 11) is 0. The molecule has 5 rings (SSSR count). The number of imidazole rings is 1. The zero-order valence-electron chi connectivity index (χ0n) is 21.4. The number of carbonyl (C=O) groups is 2. The van der Waals surface area contributed by atoms with Gasteiger partial charge in [-0.1, -0.05) is 30.3 Å². The summed E-state index contributed by atoms with van der Waals surface area (Å²) in [4.78, 5) is 33.3. The van der Waals surface area contributed by atoms with Crippen molar-refractivity contribution in [2.45, 2.75) is 39.3 Å². The van der Waals surface area contributed by atoms with Crippen LogP contribution in [0.2, 0.25) is 0 Å². The van der Waals surface area contributed by atoms with Crippen LogP contribution in [-0.2, 0) is 11.3 Å². The summed E-state index contributed by atoms with van der Waals surface area (Å²) in [6.07, 6.45) is -1.53. The van der Waals surface area contributed by atoms with Crippen LogP contribution in [0.15, 0.2) is 60.7 Å². The first kappa shape index (κ1) is 25.0. The molecule has 2 unspecified atom stereocenters. The lowest BCUT2D eigenvalue weighted by Gasteiger charge is -2.26. The quantitative estimate of drug-likeness (QED) is 0.224. The molecule has 0 aliphatic carbocycles. The number of nitrogens with zero attached hydrogens (tertiary/aromatic N) is 2. The van der Waals surface area contributed by atoms with E-state index >= 15 is 0 Å². The molecule has 0 saturated heterocycles. The van der Waals surface area contributed by atoms with Crippen LogP contribution in [-0.4, -0.2) is 37.6 Å². The van der Waals surface area contributed by atoms with Gasteiger partial charge in [0.15, 0.2) is 5.95 Å². The van der Waals surface area contributed by atoms with Crippen LogP contribution < -0.4 is 16.8 Å². The summed E-state index contributed by atoms with van der Waals surface area (Å²) in [6.45, 7) is 6.78. The molecule has 0 aliphatic rings. The van der Waals surface area contributed by atoms with Crippen molar-refractivity contribution in [2.24, 2.45) is 5.73 Å². The fourth-order valence-corrected chi connectivity index (χ4v) is 5.38. The number of primary amides is 1. The number of aliphatic hydroxyl groups excluding tert-OH is 1. The molecule has 0 radical (unpaired) electrons. The number of nitrogen functional groups attached to an aromatic ring is 1. The number of carbonyl (C=O) groups excluding carboxylic acids is 2. The second kappa shape index (κ2) is 9.68. The summed E-state index contributed by atoms with van der Waals surface area (Å²) in [5.74, 6) is -1.84. The molecule has 5 aromatic rings. The fraction of sp³-hybridized carbons (Fsp3) is 0.207. The van der Waals surface area contributed by atoms with Crippen molar-refractivity contribution in [2.75, 3.05) is 11.1 Å². The van der Waals surface area contributed by atoms with Gasteiger partial charge >= 0.3 is 0 Å². The fourth-order valence-electron chi connectivity index (χ4n) is 5.38. The first-order valence-electron chi connectivity index (χ1n) is 12.4. The Hall–Kier alpha value is -4.63. The summed E-state index contributed by atoms with van der Waals surface area (Å²) in [5, 5.41) is 15.3. The molecule has 2 heterocycles. The molecule has 2 atom stereocenters. The highest BCUT2D eigenvalue weighted by Gasteiger charge is 2.34. The van der Waals surface area contributed by atoms with Crippen molar-refractivity contribution in [3.05, 3.63) is 88.6 Å². The van der Waals surface area contributed by atoms with Gasteiger partial charge in [0.05, 0.1) is 11.0 Å². The van der Waals surface area contributed by atoms with Gasteiger partial charge in [-0.2, -0.15) is 0 Å². The number of nitrogens with two attached hydrogens (primary N) is 2. The van der Waals surface area contributed by atoms with Gasteiger partial charge in [-0.25, -0.2) is 4.98 Å². The summed E-state index contributed by atoms with van der Waals surface area (Å²) < 4.78 is 2.15. The van der Waals surface area contributed by atoms with E-state index < -0.39 is 23.8 Å². The monoisotopic (exact) mass is 510 g/mol. The molecule has 7 N–H and O–H groups in total. The zero-order valence-corrected chi connectivity index (χ0v) is 21.4. The molecule has 0 bridgehead atoms. The summed E-state index contributed by atoms with van der Waals surface area (Å²) in [5.41, 5.74) is 17.8. The van der Waals surface area contributed by atoms with E-state index in [0.717, 1.165) is 28.7 Å². The lowest BCUT2D eigenvalue weighted by atomic mass is 9.80. The van der Waals surface area contributed by atoms with Crippen molar-refractivity contribution in [3.8, 4) is 0 Å². The molecule has 2 amide bonds. The molecule has 9 heteroatoms. The highest BCUT2D eigenvalue weighted by atomic mass is 16.3. The van der Waals surface area contributed by atoms with Crippen molar-refractivity contribution in [1.29, 1.82) is 0 Å². The van der Waals surface area contributed by atoms with E-state index in [9.17, 15) is 14.7 Å². The molecule has 0 saturated carbocycles. The average Bonchev–Trinajstić information content (AvgIpc) is 3.39. The maximum absolute atomic E-state index is 13.5. The van der Waals surface area contributed by atoms with Crippen LogP contribution in [0.3, 0.4) is 0 Å². The van der Waals surface area contributed by atoms with Crippen LogP contribution in [0.1, 0.15) is 45.6 Å². The average molecular weight is 511 g/mol. The normalized spacial score (nSPS) is 13.1. The molecular formula is C29H30N6O3. The topological polar surface area (TPSA) is 152 Å². The Morgan fingerprint density at radius 3 is 2.53 bits per heavy atom. The number of anilines is 2. The first-order chi connectivity index (χ1) is 18.2. The molecule has 0 aliphatic heterocycles. The number of rotatable bonds is 7. The molecular weight excluding hydrogens is 480 g/mol. The predicted octanol–water partition coefficient (Wildman–Crippen LogP) is 3.97. The van der Waals surface area contributed by atoms with E-state index in [-0.39, 0.29) is 11.5 Å². The van der Waals surface area contributed by atoms with Crippen LogP contribution >= 0.6 is 0 Å². The van der Waals surface area contributed by atoms with Crippen LogP contribution in [0.4, 0.5) is 11.6 Å². The predicted molar refractivity (Wildman–Crippen MR) is 149 cm³/mol. The number of nitrogens with one attached hydrogen (secondary N) is 2. The standard InChI is InChI=1S/C29H30N6O3/c1-4-35-16(3)15(2)23-22(35)13-11-19(27(30)37)25(23)24(17-8-6-5-7-9-17)26(36)28(38)32-18-10-12-20-21(14-18)34-29(31)33-20/h5-14,24,26,36H,4H2,1-3H3,(H2,30,37)(H,32,38)(H3,31,33,34). The van der Waals surface area contributed by atoms with Crippen molar-refractivity contribution in [3.63, 3.8) is 0 Å². The first-order valence-corrected chi connectivity index (χ1v) is 12.4. The van der Waals surface area contributed by atoms with Crippen LogP contribution in [0.25, 0.3) is 21.9 Å². The maximum Gasteiger partial charge on any atom is 0.254 e. The third-order valence-corrected chi connectivity index (χ3v) is 7.24. The van der Waals surface area contributed by atoms with Crippen molar-refractivity contribution >= 4 is 45.4 Å². The SMILES string of the molecule is CCn1c(C)c(C)c2c(C(c3ccccc3)C(O)C(=O)Nc3ccc4nc(N)[nH]c4c3)c(C(N)=O)ccc21. The van der Waals surface area contributed by atoms with Gasteiger partial charge in [-0.05, 0) is 67.8 Å². The van der Waals surface area contributed by atoms with E-state index in [2.05, 4.69) is 26.8 Å². The van der Waals surface area contributed by atoms with Gasteiger partial charge in [-0.15, -0.1) is 0 Å². The second-order valence-corrected chi connectivity index (χ2v) is 9.42. The number of H-pyrrole nitrogens is 1. The van der Waals surface area contributed by atoms with Gasteiger partial charge in [0.1, 0.15) is 6.10 Å². The van der Waals surface area contributed by atoms with Gasteiger partial charge in [0, 0.05) is 40.3 Å². The minimum atomic E-state index is -1.53. The molecule has 9 nitrogen and oxygen atoms in total. The van der Waals surface area contributed by atoms with E-state index in [0.29, 0.717) is 27.8 Å². The Morgan fingerprint density at radius 1 is 1.11 bits per heavy atom. The molecule has 194 valence electrons. The minimum Gasteiger partial charge on any atom is -0.382 e. The van der Waals surface area contributed by atoms with Gasteiger partial charge in [0.25, 0.3) is 5.91 Å². The lowest BCUT2D eigenvalue weighted by molar-refractivity contribution is -0.124. The minimum absolute atomic E-state index is 0.268. The molecule has 0 spiro atoms. The van der Waals surface area contributed by atoms with Crippen molar-refractivity contribution < 1.29 is 14.7 Å². The number of hydrogen-bond donors (Lipinski definition) is 5. The Morgan fingerprint density at radius 2 is 1.84 bits per heavy atom. The number of benzene rings is 3. The van der Waals surface area contributed by atoms with Gasteiger partial charge in [0.2, 0.25) is 5.91 Å².